The Hall–Kier alpha value is -3.39. The van der Waals surface area contributed by atoms with Crippen LogP contribution in [0.5, 0.6) is 0 Å². The van der Waals surface area contributed by atoms with Gasteiger partial charge >= 0.3 is 12.1 Å². The molecular weight excluding hydrogens is 436 g/mol. The fourth-order valence-electron chi connectivity index (χ4n) is 4.23. The summed E-state index contributed by atoms with van der Waals surface area (Å²) in [6, 6.07) is 15.7. The Morgan fingerprint density at radius 3 is 2.12 bits per heavy atom. The van der Waals surface area contributed by atoms with Gasteiger partial charge in [-0.1, -0.05) is 62.4 Å². The number of ether oxygens (including phenoxy) is 2. The zero-order valence-corrected chi connectivity index (χ0v) is 19.7. The van der Waals surface area contributed by atoms with E-state index in [0.29, 0.717) is 0 Å². The molecule has 3 N–H and O–H groups in total. The summed E-state index contributed by atoms with van der Waals surface area (Å²) in [6.07, 6.45) is -1.32. The van der Waals surface area contributed by atoms with E-state index >= 15 is 0 Å². The zero-order chi connectivity index (χ0) is 24.7. The number of amides is 2. The Morgan fingerprint density at radius 2 is 1.59 bits per heavy atom. The molecule has 0 saturated carbocycles. The summed E-state index contributed by atoms with van der Waals surface area (Å²) in [5.74, 6) is -1.46. The van der Waals surface area contributed by atoms with Gasteiger partial charge < -0.3 is 25.2 Å². The van der Waals surface area contributed by atoms with E-state index in [1.165, 1.54) is 7.11 Å². The Kier molecular flexibility index (Phi) is 8.65. The lowest BCUT2D eigenvalue weighted by Gasteiger charge is -2.23. The predicted octanol–water partition coefficient (Wildman–Crippen LogP) is 3.55. The van der Waals surface area contributed by atoms with Crippen molar-refractivity contribution in [2.75, 3.05) is 20.3 Å². The van der Waals surface area contributed by atoms with Crippen molar-refractivity contribution >= 4 is 18.0 Å². The molecule has 0 fully saturated rings. The Labute approximate surface area is 199 Å². The molecule has 34 heavy (non-hydrogen) atoms. The predicted molar refractivity (Wildman–Crippen MR) is 128 cm³/mol. The standard InChI is InChI=1S/C26H32N2O6/c1-16(2)22(14-24(29)30)28-25(31)23(33-3)12-13-27-26(32)34-15-21-19-10-6-4-8-17(19)18-9-5-7-11-20(18)21/h4-11,16,21-23H,12-15H2,1-3H3,(H,27,32)(H,28,31)(H,29,30)/t22-,23?/m0/s1. The molecule has 0 radical (unpaired) electrons. The number of alkyl carbamates (subject to hydrolysis) is 1. The summed E-state index contributed by atoms with van der Waals surface area (Å²) in [5, 5.41) is 14.4. The molecule has 0 saturated heterocycles. The SMILES string of the molecule is COC(CCNC(=O)OCC1c2ccccc2-c2ccccc21)C(=O)N[C@@H](CC(=O)O)C(C)C. The van der Waals surface area contributed by atoms with Gasteiger partial charge in [0.1, 0.15) is 12.7 Å². The van der Waals surface area contributed by atoms with Crippen LogP contribution >= 0.6 is 0 Å². The van der Waals surface area contributed by atoms with Gasteiger partial charge in [0.15, 0.2) is 0 Å². The molecule has 0 aliphatic heterocycles. The van der Waals surface area contributed by atoms with E-state index in [0.717, 1.165) is 22.3 Å². The van der Waals surface area contributed by atoms with Gasteiger partial charge in [-0.15, -0.1) is 0 Å². The highest BCUT2D eigenvalue weighted by Gasteiger charge is 2.29. The molecule has 3 rings (SSSR count). The minimum atomic E-state index is -0.982. The first-order chi connectivity index (χ1) is 16.3. The van der Waals surface area contributed by atoms with Crippen molar-refractivity contribution in [1.82, 2.24) is 10.6 Å². The van der Waals surface area contributed by atoms with Crippen molar-refractivity contribution in [3.63, 3.8) is 0 Å². The molecule has 182 valence electrons. The number of carboxylic acid groups (broad SMARTS) is 1. The van der Waals surface area contributed by atoms with Crippen molar-refractivity contribution < 1.29 is 29.0 Å². The van der Waals surface area contributed by atoms with E-state index in [4.69, 9.17) is 14.6 Å². The summed E-state index contributed by atoms with van der Waals surface area (Å²) < 4.78 is 10.7. The minimum Gasteiger partial charge on any atom is -0.481 e. The van der Waals surface area contributed by atoms with Crippen molar-refractivity contribution in [3.05, 3.63) is 59.7 Å². The van der Waals surface area contributed by atoms with Crippen LogP contribution in [-0.4, -0.2) is 55.5 Å². The molecule has 1 aliphatic carbocycles. The average molecular weight is 469 g/mol. The van der Waals surface area contributed by atoms with Crippen molar-refractivity contribution in [3.8, 4) is 11.1 Å². The highest BCUT2D eigenvalue weighted by atomic mass is 16.5. The molecule has 0 spiro atoms. The van der Waals surface area contributed by atoms with Crippen LogP contribution in [0.15, 0.2) is 48.5 Å². The molecule has 0 aromatic heterocycles. The molecule has 2 atom stereocenters. The maximum atomic E-state index is 12.5. The number of methoxy groups -OCH3 is 1. The first kappa shape index (κ1) is 25.2. The Balaban J connectivity index is 1.49. The van der Waals surface area contributed by atoms with Gasteiger partial charge in [0.05, 0.1) is 6.42 Å². The number of carbonyl (C=O) groups excluding carboxylic acids is 2. The van der Waals surface area contributed by atoms with Crippen LogP contribution in [0.3, 0.4) is 0 Å². The zero-order valence-electron chi connectivity index (χ0n) is 19.7. The summed E-state index contributed by atoms with van der Waals surface area (Å²) in [4.78, 5) is 35.8. The molecule has 2 amide bonds. The second kappa shape index (κ2) is 11.7. The molecule has 0 bridgehead atoms. The van der Waals surface area contributed by atoms with Crippen molar-refractivity contribution in [2.45, 2.75) is 44.8 Å². The number of nitrogens with one attached hydrogen (secondary N) is 2. The third kappa shape index (κ3) is 6.14. The van der Waals surface area contributed by atoms with Crippen LogP contribution in [0.1, 0.15) is 43.7 Å². The van der Waals surface area contributed by atoms with E-state index in [1.807, 2.05) is 38.1 Å². The van der Waals surface area contributed by atoms with Gasteiger partial charge in [0.2, 0.25) is 5.91 Å². The Morgan fingerprint density at radius 1 is 1.00 bits per heavy atom. The van der Waals surface area contributed by atoms with E-state index < -0.39 is 30.1 Å². The monoisotopic (exact) mass is 468 g/mol. The number of hydrogen-bond donors (Lipinski definition) is 3. The van der Waals surface area contributed by atoms with Crippen molar-refractivity contribution in [1.29, 1.82) is 0 Å². The second-order valence-electron chi connectivity index (χ2n) is 8.72. The number of rotatable bonds is 11. The quantitative estimate of drug-likeness (QED) is 0.465. The minimum absolute atomic E-state index is 0.0298. The van der Waals surface area contributed by atoms with Crippen LogP contribution in [0.25, 0.3) is 11.1 Å². The van der Waals surface area contributed by atoms with Crippen LogP contribution in [0.4, 0.5) is 4.79 Å². The number of fused-ring (bicyclic) bond motifs is 3. The van der Waals surface area contributed by atoms with Gasteiger partial charge in [-0.05, 0) is 28.2 Å². The summed E-state index contributed by atoms with van der Waals surface area (Å²) >= 11 is 0. The number of benzene rings is 2. The lowest BCUT2D eigenvalue weighted by Crippen LogP contribution is -2.46. The van der Waals surface area contributed by atoms with E-state index in [9.17, 15) is 14.4 Å². The molecule has 8 heteroatoms. The van der Waals surface area contributed by atoms with Gasteiger partial charge in [0.25, 0.3) is 0 Å². The lowest BCUT2D eigenvalue weighted by atomic mass is 9.98. The first-order valence-electron chi connectivity index (χ1n) is 11.5. The topological polar surface area (TPSA) is 114 Å². The molecule has 2 aromatic rings. The fraction of sp³-hybridized carbons (Fsp3) is 0.423. The average Bonchev–Trinajstić information content (AvgIpc) is 3.13. The summed E-state index contributed by atoms with van der Waals surface area (Å²) in [5.41, 5.74) is 4.58. The van der Waals surface area contributed by atoms with Crippen molar-refractivity contribution in [2.24, 2.45) is 5.92 Å². The lowest BCUT2D eigenvalue weighted by molar-refractivity contribution is -0.138. The summed E-state index contributed by atoms with van der Waals surface area (Å²) in [7, 11) is 1.40. The second-order valence-corrected chi connectivity index (χ2v) is 8.72. The summed E-state index contributed by atoms with van der Waals surface area (Å²) in [6.45, 7) is 4.07. The third-order valence-corrected chi connectivity index (χ3v) is 6.12. The molecular formula is C26H32N2O6. The van der Waals surface area contributed by atoms with Crippen LogP contribution in [0, 0.1) is 5.92 Å². The van der Waals surface area contributed by atoms with Gasteiger partial charge in [-0.3, -0.25) is 9.59 Å². The highest BCUT2D eigenvalue weighted by molar-refractivity contribution is 5.82. The van der Waals surface area contributed by atoms with Gasteiger partial charge in [-0.2, -0.15) is 0 Å². The maximum Gasteiger partial charge on any atom is 0.407 e. The number of aliphatic carboxylic acids is 1. The Bertz CT molecular complexity index is 976. The third-order valence-electron chi connectivity index (χ3n) is 6.12. The normalized spacial score (nSPS) is 14.1. The molecule has 1 unspecified atom stereocenters. The van der Waals surface area contributed by atoms with E-state index in [2.05, 4.69) is 34.9 Å². The largest absolute Gasteiger partial charge is 0.481 e. The molecule has 1 aliphatic rings. The van der Waals surface area contributed by atoms with Gasteiger partial charge in [0, 0.05) is 32.0 Å². The first-order valence-corrected chi connectivity index (χ1v) is 11.5. The smallest absolute Gasteiger partial charge is 0.407 e. The van der Waals surface area contributed by atoms with Crippen LogP contribution in [0.2, 0.25) is 0 Å². The fourth-order valence-corrected chi connectivity index (χ4v) is 4.23. The van der Waals surface area contributed by atoms with E-state index in [1.54, 1.807) is 0 Å². The van der Waals surface area contributed by atoms with Crippen LogP contribution < -0.4 is 10.6 Å². The highest BCUT2D eigenvalue weighted by Crippen LogP contribution is 2.44. The van der Waals surface area contributed by atoms with Gasteiger partial charge in [-0.25, -0.2) is 4.79 Å². The molecule has 8 nitrogen and oxygen atoms in total. The number of hydrogen-bond acceptors (Lipinski definition) is 5. The molecule has 0 heterocycles. The maximum absolute atomic E-state index is 12.5. The van der Waals surface area contributed by atoms with Crippen LogP contribution in [-0.2, 0) is 19.1 Å². The molecule has 2 aromatic carbocycles. The number of carbonyl (C=O) groups is 3. The number of carboxylic acids is 1. The van der Waals surface area contributed by atoms with E-state index in [-0.39, 0.29) is 37.8 Å².